The molecule has 8 nitrogen and oxygen atoms in total. The van der Waals surface area contributed by atoms with E-state index in [9.17, 15) is 14.0 Å². The first-order valence-corrected chi connectivity index (χ1v) is 15.5. The van der Waals surface area contributed by atoms with Crippen molar-refractivity contribution in [3.63, 3.8) is 0 Å². The molecular weight excluding hydrogens is 531 g/mol. The third-order valence-corrected chi connectivity index (χ3v) is 8.45. The minimum absolute atomic E-state index is 0.0765. The van der Waals surface area contributed by atoms with Crippen LogP contribution in [0.25, 0.3) is 22.6 Å². The van der Waals surface area contributed by atoms with Gasteiger partial charge in [-0.1, -0.05) is 26.0 Å². The lowest BCUT2D eigenvalue weighted by Crippen LogP contribution is -2.29. The molecular formula is C33H43FN6O2. The summed E-state index contributed by atoms with van der Waals surface area (Å²) in [5, 5.41) is 6.51. The summed E-state index contributed by atoms with van der Waals surface area (Å²) in [7, 11) is 0. The fourth-order valence-corrected chi connectivity index (χ4v) is 5.92. The van der Waals surface area contributed by atoms with Gasteiger partial charge in [0.05, 0.1) is 16.6 Å². The van der Waals surface area contributed by atoms with Gasteiger partial charge < -0.3 is 20.4 Å². The molecule has 0 aliphatic carbocycles. The maximum atomic E-state index is 14.9. The molecule has 1 fully saturated rings. The molecule has 0 saturated carbocycles. The van der Waals surface area contributed by atoms with Crippen LogP contribution >= 0.6 is 0 Å². The van der Waals surface area contributed by atoms with Gasteiger partial charge in [-0.2, -0.15) is 0 Å². The van der Waals surface area contributed by atoms with Crippen LogP contribution in [-0.2, 0) is 6.54 Å². The van der Waals surface area contributed by atoms with Gasteiger partial charge >= 0.3 is 0 Å². The first-order valence-electron chi connectivity index (χ1n) is 15.5. The highest BCUT2D eigenvalue weighted by atomic mass is 19.1. The zero-order valence-electron chi connectivity index (χ0n) is 24.9. The van der Waals surface area contributed by atoms with Crippen LogP contribution in [-0.4, -0.2) is 77.6 Å². The minimum Gasteiger partial charge on any atom is -0.383 e. The van der Waals surface area contributed by atoms with Crippen molar-refractivity contribution < 1.29 is 9.18 Å². The highest BCUT2D eigenvalue weighted by Gasteiger charge is 2.22. The average molecular weight is 575 g/mol. The number of nitrogens with zero attached hydrogens (tertiary/aromatic N) is 4. The Morgan fingerprint density at radius 1 is 1.05 bits per heavy atom. The second-order valence-corrected chi connectivity index (χ2v) is 11.2. The minimum atomic E-state index is -0.426. The Morgan fingerprint density at radius 3 is 2.55 bits per heavy atom. The summed E-state index contributed by atoms with van der Waals surface area (Å²) in [5.74, 6) is 0.117. The summed E-state index contributed by atoms with van der Waals surface area (Å²) in [6.45, 7) is 12.4. The lowest BCUT2D eigenvalue weighted by molar-refractivity contribution is 0.0952. The Kier molecular flexibility index (Phi) is 10.0. The number of amides is 1. The smallest absolute Gasteiger partial charge is 0.261 e. The van der Waals surface area contributed by atoms with E-state index in [0.717, 1.165) is 63.2 Å². The summed E-state index contributed by atoms with van der Waals surface area (Å²) in [6, 6.07) is 10.5. The van der Waals surface area contributed by atoms with Crippen LogP contribution in [0.5, 0.6) is 0 Å². The number of allylic oxidation sites excluding steroid dienone is 1. The second kappa shape index (κ2) is 14.1. The van der Waals surface area contributed by atoms with Crippen molar-refractivity contribution in [3.05, 3.63) is 69.5 Å². The normalized spacial score (nSPS) is 16.0. The van der Waals surface area contributed by atoms with E-state index in [1.807, 2.05) is 30.3 Å². The zero-order valence-corrected chi connectivity index (χ0v) is 24.9. The number of benzene rings is 2. The third-order valence-electron chi connectivity index (χ3n) is 8.45. The first-order chi connectivity index (χ1) is 20.5. The summed E-state index contributed by atoms with van der Waals surface area (Å²) < 4.78 is 16.5. The van der Waals surface area contributed by atoms with Crippen LogP contribution in [0.15, 0.2) is 41.2 Å². The molecule has 2 N–H and O–H groups in total. The molecule has 2 aliphatic rings. The summed E-state index contributed by atoms with van der Waals surface area (Å²) in [4.78, 5) is 35.4. The van der Waals surface area contributed by atoms with Gasteiger partial charge in [0, 0.05) is 25.2 Å². The number of anilines is 1. The fourth-order valence-electron chi connectivity index (χ4n) is 5.92. The SMILES string of the molecule is CCN(CC)CCCNC(=O)c1ccc(/C=C2\CCn3c2nc2cc(NCCCN4CCCC4)c(F)cc2c3=O)cc1. The van der Waals surface area contributed by atoms with Crippen LogP contribution in [0.2, 0.25) is 0 Å². The van der Waals surface area contributed by atoms with Gasteiger partial charge in [0.15, 0.2) is 0 Å². The molecule has 3 heterocycles. The number of halogens is 1. The highest BCUT2D eigenvalue weighted by molar-refractivity contribution is 5.94. The number of hydrogen-bond donors (Lipinski definition) is 2. The van der Waals surface area contributed by atoms with Crippen LogP contribution < -0.4 is 16.2 Å². The summed E-state index contributed by atoms with van der Waals surface area (Å²) in [5.41, 5.74) is 3.17. The Morgan fingerprint density at radius 2 is 1.81 bits per heavy atom. The van der Waals surface area contributed by atoms with Crippen molar-refractivity contribution in [2.45, 2.75) is 52.5 Å². The van der Waals surface area contributed by atoms with Crippen molar-refractivity contribution in [3.8, 4) is 0 Å². The Hall–Kier alpha value is -3.56. The molecule has 42 heavy (non-hydrogen) atoms. The number of carbonyl (C=O) groups excluding carboxylic acids is 1. The molecule has 1 saturated heterocycles. The summed E-state index contributed by atoms with van der Waals surface area (Å²) >= 11 is 0. The van der Waals surface area contributed by atoms with Gasteiger partial charge in [-0.15, -0.1) is 0 Å². The van der Waals surface area contributed by atoms with Gasteiger partial charge in [0.1, 0.15) is 11.6 Å². The molecule has 224 valence electrons. The standard InChI is InChI=1S/C33H43FN6O2/c1-3-38(4-2)18-8-15-36-32(41)25-11-9-24(10-12-25)21-26-13-20-40-31(26)37-29-23-30(28(34)22-27(29)33(40)42)35-14-7-19-39-16-5-6-17-39/h9-12,21-23,35H,3-8,13-20H2,1-2H3,(H,36,41)/b26-21+. The predicted octanol–water partition coefficient (Wildman–Crippen LogP) is 4.84. The topological polar surface area (TPSA) is 82.5 Å². The average Bonchev–Trinajstić information content (AvgIpc) is 3.67. The van der Waals surface area contributed by atoms with Crippen molar-refractivity contribution >= 4 is 34.1 Å². The molecule has 0 bridgehead atoms. The highest BCUT2D eigenvalue weighted by Crippen LogP contribution is 2.29. The molecule has 0 spiro atoms. The zero-order chi connectivity index (χ0) is 29.5. The molecule has 2 aromatic carbocycles. The molecule has 1 aromatic heterocycles. The van der Waals surface area contributed by atoms with Crippen molar-refractivity contribution in [1.29, 1.82) is 0 Å². The van der Waals surface area contributed by atoms with Gasteiger partial charge in [-0.25, -0.2) is 9.37 Å². The third kappa shape index (κ3) is 7.07. The molecule has 3 aromatic rings. The molecule has 0 unspecified atom stereocenters. The number of fused-ring (bicyclic) bond motifs is 2. The number of carbonyl (C=O) groups is 1. The Balaban J connectivity index is 1.25. The molecule has 5 rings (SSSR count). The fraction of sp³-hybridized carbons (Fsp3) is 0.485. The van der Waals surface area contributed by atoms with E-state index in [1.54, 1.807) is 10.6 Å². The number of aromatic nitrogens is 2. The first kappa shape index (κ1) is 29.9. The van der Waals surface area contributed by atoms with E-state index >= 15 is 0 Å². The molecule has 1 amide bonds. The lowest BCUT2D eigenvalue weighted by Gasteiger charge is -2.17. The largest absolute Gasteiger partial charge is 0.383 e. The Labute approximate surface area is 247 Å². The number of rotatable bonds is 13. The van der Waals surface area contributed by atoms with E-state index < -0.39 is 5.82 Å². The second-order valence-electron chi connectivity index (χ2n) is 11.2. The summed E-state index contributed by atoms with van der Waals surface area (Å²) in [6.07, 6.45) is 7.05. The van der Waals surface area contributed by atoms with E-state index in [-0.39, 0.29) is 11.5 Å². The molecule has 0 radical (unpaired) electrons. The van der Waals surface area contributed by atoms with Crippen molar-refractivity contribution in [2.75, 3.05) is 57.7 Å². The van der Waals surface area contributed by atoms with Crippen molar-refractivity contribution in [2.24, 2.45) is 0 Å². The number of nitrogens with one attached hydrogen (secondary N) is 2. The lowest BCUT2D eigenvalue weighted by atomic mass is 10.1. The Bertz CT molecular complexity index is 1470. The molecule has 9 heteroatoms. The molecule has 2 aliphatic heterocycles. The number of hydrogen-bond acceptors (Lipinski definition) is 6. The monoisotopic (exact) mass is 574 g/mol. The maximum absolute atomic E-state index is 14.9. The maximum Gasteiger partial charge on any atom is 0.261 e. The van der Waals surface area contributed by atoms with E-state index in [2.05, 4.69) is 34.3 Å². The van der Waals surface area contributed by atoms with Gasteiger partial charge in [0.2, 0.25) is 0 Å². The van der Waals surface area contributed by atoms with E-state index in [1.165, 1.54) is 18.9 Å². The van der Waals surface area contributed by atoms with Crippen LogP contribution in [0.4, 0.5) is 10.1 Å². The van der Waals surface area contributed by atoms with Gasteiger partial charge in [-0.3, -0.25) is 14.2 Å². The van der Waals surface area contributed by atoms with Gasteiger partial charge in [0.25, 0.3) is 11.5 Å². The van der Waals surface area contributed by atoms with Gasteiger partial charge in [-0.05, 0) is 113 Å². The van der Waals surface area contributed by atoms with E-state index in [4.69, 9.17) is 4.98 Å². The van der Waals surface area contributed by atoms with Crippen molar-refractivity contribution in [1.82, 2.24) is 24.7 Å². The van der Waals surface area contributed by atoms with Crippen LogP contribution in [0.1, 0.15) is 67.7 Å². The van der Waals surface area contributed by atoms with Crippen LogP contribution in [0, 0.1) is 5.82 Å². The van der Waals surface area contributed by atoms with Crippen LogP contribution in [0.3, 0.4) is 0 Å². The number of likely N-dealkylation sites (tertiary alicyclic amines) is 1. The quantitative estimate of drug-likeness (QED) is 0.285. The molecule has 0 atom stereocenters. The van der Waals surface area contributed by atoms with E-state index in [0.29, 0.717) is 54.0 Å². The predicted molar refractivity (Wildman–Crippen MR) is 168 cm³/mol.